The van der Waals surface area contributed by atoms with E-state index >= 15 is 0 Å². The number of anilines is 1. The van der Waals surface area contributed by atoms with Gasteiger partial charge in [-0.2, -0.15) is 5.10 Å². The average Bonchev–Trinajstić information content (AvgIpc) is 3.52. The Kier molecular flexibility index (Phi) is 4.07. The van der Waals surface area contributed by atoms with Gasteiger partial charge in [-0.3, -0.25) is 4.79 Å². The SMILES string of the molecule is O=C(NCC1CN(c2ccc(C3CC3)nn2)C1)c1cccc2c1OCCO2. The molecule has 0 unspecified atom stereocenters. The highest BCUT2D eigenvalue weighted by atomic mass is 16.6. The summed E-state index contributed by atoms with van der Waals surface area (Å²) >= 11 is 0. The van der Waals surface area contributed by atoms with Crippen molar-refractivity contribution in [3.8, 4) is 11.5 Å². The number of hydrogen-bond acceptors (Lipinski definition) is 6. The first-order valence-corrected chi connectivity index (χ1v) is 9.53. The third-order valence-corrected chi connectivity index (χ3v) is 5.31. The number of benzene rings is 1. The zero-order chi connectivity index (χ0) is 18.2. The van der Waals surface area contributed by atoms with E-state index in [-0.39, 0.29) is 5.91 Å². The van der Waals surface area contributed by atoms with Crippen LogP contribution < -0.4 is 19.7 Å². The molecule has 2 aliphatic heterocycles. The first-order valence-electron chi connectivity index (χ1n) is 9.53. The summed E-state index contributed by atoms with van der Waals surface area (Å²) in [5, 5.41) is 11.7. The first kappa shape index (κ1) is 16.4. The van der Waals surface area contributed by atoms with Gasteiger partial charge in [-0.1, -0.05) is 6.07 Å². The summed E-state index contributed by atoms with van der Waals surface area (Å²) in [5.41, 5.74) is 1.64. The maximum absolute atomic E-state index is 12.5. The summed E-state index contributed by atoms with van der Waals surface area (Å²) in [5.74, 6) is 3.02. The standard InChI is InChI=1S/C20H22N4O3/c25-20(15-2-1-3-17-19(15)27-9-8-26-17)21-10-13-11-24(12-13)18-7-6-16(22-23-18)14-4-5-14/h1-3,6-7,13-14H,4-5,8-12H2,(H,21,25). The third-order valence-electron chi connectivity index (χ3n) is 5.31. The lowest BCUT2D eigenvalue weighted by Gasteiger charge is -2.40. The molecule has 5 rings (SSSR count). The number of nitrogens with zero attached hydrogens (tertiary/aromatic N) is 3. The third kappa shape index (κ3) is 3.29. The van der Waals surface area contributed by atoms with Gasteiger partial charge >= 0.3 is 0 Å². The van der Waals surface area contributed by atoms with Gasteiger partial charge in [-0.15, -0.1) is 5.10 Å². The van der Waals surface area contributed by atoms with Crippen molar-refractivity contribution in [1.29, 1.82) is 0 Å². The van der Waals surface area contributed by atoms with Crippen LogP contribution in [0.15, 0.2) is 30.3 Å². The number of carbonyl (C=O) groups excluding carboxylic acids is 1. The van der Waals surface area contributed by atoms with E-state index in [2.05, 4.69) is 32.5 Å². The quantitative estimate of drug-likeness (QED) is 0.872. The van der Waals surface area contributed by atoms with E-state index in [0.29, 0.717) is 48.7 Å². The number of ether oxygens (including phenoxy) is 2. The van der Waals surface area contributed by atoms with E-state index in [0.717, 1.165) is 24.6 Å². The first-order chi connectivity index (χ1) is 13.3. The van der Waals surface area contributed by atoms with Crippen molar-refractivity contribution >= 4 is 11.7 Å². The fourth-order valence-corrected chi connectivity index (χ4v) is 3.57. The van der Waals surface area contributed by atoms with Crippen LogP contribution in [0.2, 0.25) is 0 Å². The Balaban J connectivity index is 1.14. The molecule has 1 amide bonds. The average molecular weight is 366 g/mol. The van der Waals surface area contributed by atoms with Crippen LogP contribution in [0.25, 0.3) is 0 Å². The van der Waals surface area contributed by atoms with Crippen LogP contribution in [0.4, 0.5) is 5.82 Å². The fourth-order valence-electron chi connectivity index (χ4n) is 3.57. The molecule has 1 aromatic heterocycles. The lowest BCUT2D eigenvalue weighted by atomic mass is 10.00. The molecule has 7 nitrogen and oxygen atoms in total. The molecular formula is C20H22N4O3. The number of aromatic nitrogens is 2. The van der Waals surface area contributed by atoms with E-state index in [9.17, 15) is 4.79 Å². The van der Waals surface area contributed by atoms with E-state index < -0.39 is 0 Å². The van der Waals surface area contributed by atoms with Crippen molar-refractivity contribution in [2.24, 2.45) is 5.92 Å². The molecule has 1 saturated heterocycles. The van der Waals surface area contributed by atoms with Crippen molar-refractivity contribution in [3.05, 3.63) is 41.6 Å². The van der Waals surface area contributed by atoms with Gasteiger partial charge in [0.1, 0.15) is 13.2 Å². The molecule has 140 valence electrons. The van der Waals surface area contributed by atoms with Crippen LogP contribution in [-0.2, 0) is 0 Å². The number of carbonyl (C=O) groups is 1. The summed E-state index contributed by atoms with van der Waals surface area (Å²) in [6, 6.07) is 9.56. The topological polar surface area (TPSA) is 76.6 Å². The van der Waals surface area contributed by atoms with Crippen molar-refractivity contribution in [2.75, 3.05) is 37.7 Å². The Hall–Kier alpha value is -2.83. The van der Waals surface area contributed by atoms with E-state index in [1.165, 1.54) is 12.8 Å². The maximum atomic E-state index is 12.5. The van der Waals surface area contributed by atoms with Gasteiger partial charge in [0.2, 0.25) is 0 Å². The minimum atomic E-state index is -0.121. The van der Waals surface area contributed by atoms with Crippen LogP contribution >= 0.6 is 0 Å². The largest absolute Gasteiger partial charge is 0.486 e. The predicted molar refractivity (Wildman–Crippen MR) is 99.5 cm³/mol. The van der Waals surface area contributed by atoms with Crippen LogP contribution in [0, 0.1) is 5.92 Å². The smallest absolute Gasteiger partial charge is 0.255 e. The van der Waals surface area contributed by atoms with Crippen LogP contribution in [0.5, 0.6) is 11.5 Å². The normalized spacial score (nSPS) is 18.7. The van der Waals surface area contributed by atoms with E-state index in [4.69, 9.17) is 9.47 Å². The molecule has 3 heterocycles. The van der Waals surface area contributed by atoms with Crippen molar-refractivity contribution in [1.82, 2.24) is 15.5 Å². The van der Waals surface area contributed by atoms with Crippen molar-refractivity contribution < 1.29 is 14.3 Å². The Morgan fingerprint density at radius 3 is 2.74 bits per heavy atom. The molecule has 1 aliphatic carbocycles. The molecule has 0 spiro atoms. The van der Waals surface area contributed by atoms with Crippen LogP contribution in [0.1, 0.15) is 34.8 Å². The molecule has 0 bridgehead atoms. The zero-order valence-electron chi connectivity index (χ0n) is 15.1. The molecule has 2 fully saturated rings. The highest BCUT2D eigenvalue weighted by Gasteiger charge is 2.30. The van der Waals surface area contributed by atoms with E-state index in [1.807, 2.05) is 12.1 Å². The van der Waals surface area contributed by atoms with Gasteiger partial charge < -0.3 is 19.7 Å². The molecule has 1 aromatic carbocycles. The number of hydrogen-bond donors (Lipinski definition) is 1. The number of rotatable bonds is 5. The summed E-state index contributed by atoms with van der Waals surface area (Å²) in [6.45, 7) is 3.37. The molecule has 27 heavy (non-hydrogen) atoms. The van der Waals surface area contributed by atoms with Gasteiger partial charge in [0.05, 0.1) is 11.3 Å². The second kappa shape index (κ2) is 6.72. The van der Waals surface area contributed by atoms with Crippen LogP contribution in [-0.4, -0.2) is 49.0 Å². The Morgan fingerprint density at radius 2 is 1.96 bits per heavy atom. The Morgan fingerprint density at radius 1 is 1.11 bits per heavy atom. The van der Waals surface area contributed by atoms with Crippen molar-refractivity contribution in [3.63, 3.8) is 0 Å². The monoisotopic (exact) mass is 366 g/mol. The van der Waals surface area contributed by atoms with Crippen molar-refractivity contribution in [2.45, 2.75) is 18.8 Å². The van der Waals surface area contributed by atoms with Gasteiger partial charge in [0.25, 0.3) is 5.91 Å². The summed E-state index contributed by atoms with van der Waals surface area (Å²) < 4.78 is 11.2. The minimum absolute atomic E-state index is 0.121. The molecule has 1 saturated carbocycles. The van der Waals surface area contributed by atoms with Gasteiger partial charge in [0, 0.05) is 31.5 Å². The van der Waals surface area contributed by atoms with Gasteiger partial charge in [0.15, 0.2) is 17.3 Å². The van der Waals surface area contributed by atoms with Gasteiger partial charge in [-0.05, 0) is 37.1 Å². The number of nitrogens with one attached hydrogen (secondary N) is 1. The number of amides is 1. The lowest BCUT2D eigenvalue weighted by Crippen LogP contribution is -2.52. The van der Waals surface area contributed by atoms with E-state index in [1.54, 1.807) is 6.07 Å². The van der Waals surface area contributed by atoms with Crippen LogP contribution in [0.3, 0.4) is 0 Å². The Bertz CT molecular complexity index is 845. The number of para-hydroxylation sites is 1. The molecule has 7 heteroatoms. The lowest BCUT2D eigenvalue weighted by molar-refractivity contribution is 0.0933. The summed E-state index contributed by atoms with van der Waals surface area (Å²) in [4.78, 5) is 14.7. The second-order valence-electron chi connectivity index (χ2n) is 7.40. The molecule has 2 aromatic rings. The second-order valence-corrected chi connectivity index (χ2v) is 7.40. The number of fused-ring (bicyclic) bond motifs is 1. The summed E-state index contributed by atoms with van der Waals surface area (Å²) in [7, 11) is 0. The zero-order valence-corrected chi connectivity index (χ0v) is 15.1. The molecule has 0 atom stereocenters. The molecule has 1 N–H and O–H groups in total. The van der Waals surface area contributed by atoms with Gasteiger partial charge in [-0.25, -0.2) is 0 Å². The molecule has 3 aliphatic rings. The highest BCUT2D eigenvalue weighted by molar-refractivity contribution is 5.97. The summed E-state index contributed by atoms with van der Waals surface area (Å²) in [6.07, 6.45) is 2.47. The minimum Gasteiger partial charge on any atom is -0.486 e. The molecular weight excluding hydrogens is 344 g/mol. The Labute approximate surface area is 157 Å². The molecule has 0 radical (unpaired) electrons. The highest BCUT2D eigenvalue weighted by Crippen LogP contribution is 2.39. The maximum Gasteiger partial charge on any atom is 0.255 e. The fraction of sp³-hybridized carbons (Fsp3) is 0.450. The predicted octanol–water partition coefficient (Wildman–Crippen LogP) is 1.99.